The summed E-state index contributed by atoms with van der Waals surface area (Å²) in [6, 6.07) is 1.88. The quantitative estimate of drug-likeness (QED) is 0.610. The van der Waals surface area contributed by atoms with Gasteiger partial charge in [0.1, 0.15) is 0 Å². The summed E-state index contributed by atoms with van der Waals surface area (Å²) < 4.78 is 0. The number of aromatic nitrogens is 3. The predicted octanol–water partition coefficient (Wildman–Crippen LogP) is 0.594. The van der Waals surface area contributed by atoms with Gasteiger partial charge in [0.25, 0.3) is 0 Å². The van der Waals surface area contributed by atoms with E-state index in [4.69, 9.17) is 5.73 Å². The van der Waals surface area contributed by atoms with Crippen LogP contribution in [0.3, 0.4) is 0 Å². The molecule has 6 nitrogen and oxygen atoms in total. The zero-order valence-corrected chi connectivity index (χ0v) is 8.66. The molecule has 0 fully saturated rings. The summed E-state index contributed by atoms with van der Waals surface area (Å²) in [7, 11) is 0. The molecule has 0 saturated carbocycles. The Morgan fingerprint density at radius 2 is 2.53 bits per heavy atom. The molecule has 1 unspecified atom stereocenters. The van der Waals surface area contributed by atoms with E-state index in [9.17, 15) is 5.11 Å². The molecule has 2 rings (SSSR count). The summed E-state index contributed by atoms with van der Waals surface area (Å²) in [5.41, 5.74) is 6.23. The van der Waals surface area contributed by atoms with Crippen molar-refractivity contribution in [1.82, 2.24) is 15.2 Å². The van der Waals surface area contributed by atoms with E-state index in [1.54, 1.807) is 11.3 Å². The lowest BCUT2D eigenvalue weighted by molar-refractivity contribution is 0.192. The highest BCUT2D eigenvalue weighted by atomic mass is 32.1. The molecule has 2 heterocycles. The van der Waals surface area contributed by atoms with Crippen molar-refractivity contribution in [2.75, 3.05) is 17.6 Å². The van der Waals surface area contributed by atoms with Crippen LogP contribution >= 0.6 is 11.3 Å². The van der Waals surface area contributed by atoms with Crippen molar-refractivity contribution in [3.05, 3.63) is 22.4 Å². The van der Waals surface area contributed by atoms with E-state index in [1.165, 1.54) is 0 Å². The van der Waals surface area contributed by atoms with Crippen molar-refractivity contribution >= 4 is 23.2 Å². The van der Waals surface area contributed by atoms with Crippen molar-refractivity contribution < 1.29 is 5.11 Å². The molecule has 0 radical (unpaired) electrons. The highest BCUT2D eigenvalue weighted by Crippen LogP contribution is 2.16. The van der Waals surface area contributed by atoms with E-state index >= 15 is 0 Å². The van der Waals surface area contributed by atoms with Gasteiger partial charge in [-0.05, 0) is 22.4 Å². The standard InChI is InChI=1S/C8H11N5OS/c9-7-11-8(13-12-7)10-3-6(14)5-1-2-15-4-5/h1-2,4,6,14H,3H2,(H4,9,10,11,12,13). The van der Waals surface area contributed by atoms with Crippen molar-refractivity contribution in [2.45, 2.75) is 6.10 Å². The smallest absolute Gasteiger partial charge is 0.243 e. The molecule has 0 saturated heterocycles. The number of nitrogens with two attached hydrogens (primary N) is 1. The van der Waals surface area contributed by atoms with E-state index < -0.39 is 6.10 Å². The molecule has 0 aromatic carbocycles. The third-order valence-corrected chi connectivity index (χ3v) is 2.59. The average molecular weight is 225 g/mol. The van der Waals surface area contributed by atoms with E-state index in [2.05, 4.69) is 20.5 Å². The first-order valence-corrected chi connectivity index (χ1v) is 5.32. The maximum Gasteiger partial charge on any atom is 0.243 e. The number of anilines is 2. The first kappa shape index (κ1) is 9.94. The van der Waals surface area contributed by atoms with Crippen molar-refractivity contribution in [1.29, 1.82) is 0 Å². The summed E-state index contributed by atoms with van der Waals surface area (Å²) in [6.45, 7) is 0.355. The van der Waals surface area contributed by atoms with Crippen molar-refractivity contribution in [3.8, 4) is 0 Å². The lowest BCUT2D eigenvalue weighted by atomic mass is 10.2. The molecule has 80 valence electrons. The molecular formula is C8H11N5OS. The van der Waals surface area contributed by atoms with Crippen LogP contribution in [0, 0.1) is 0 Å². The lowest BCUT2D eigenvalue weighted by Crippen LogP contribution is -2.12. The van der Waals surface area contributed by atoms with E-state index in [-0.39, 0.29) is 5.95 Å². The number of nitrogens with zero attached hydrogens (tertiary/aromatic N) is 2. The summed E-state index contributed by atoms with van der Waals surface area (Å²) in [5, 5.41) is 22.7. The first-order valence-electron chi connectivity index (χ1n) is 4.37. The highest BCUT2D eigenvalue weighted by Gasteiger charge is 2.08. The number of nitrogens with one attached hydrogen (secondary N) is 2. The number of nitrogen functional groups attached to an aromatic ring is 1. The molecule has 2 aromatic rings. The molecular weight excluding hydrogens is 214 g/mol. The van der Waals surface area contributed by atoms with Crippen LogP contribution in [0.25, 0.3) is 0 Å². The van der Waals surface area contributed by atoms with Gasteiger partial charge in [-0.1, -0.05) is 0 Å². The Bertz CT molecular complexity index is 412. The number of rotatable bonds is 4. The fourth-order valence-electron chi connectivity index (χ4n) is 1.12. The molecule has 15 heavy (non-hydrogen) atoms. The van der Waals surface area contributed by atoms with Gasteiger partial charge in [0, 0.05) is 6.54 Å². The largest absolute Gasteiger partial charge is 0.387 e. The van der Waals surface area contributed by atoms with Gasteiger partial charge in [0.2, 0.25) is 11.9 Å². The minimum atomic E-state index is -0.559. The second kappa shape index (κ2) is 4.28. The maximum absolute atomic E-state index is 9.72. The fraction of sp³-hybridized carbons (Fsp3) is 0.250. The van der Waals surface area contributed by atoms with Gasteiger partial charge in [-0.3, -0.25) is 0 Å². The van der Waals surface area contributed by atoms with Crippen LogP contribution < -0.4 is 11.1 Å². The number of aliphatic hydroxyl groups excluding tert-OH is 1. The van der Waals surface area contributed by atoms with Crippen LogP contribution in [0.1, 0.15) is 11.7 Å². The molecule has 7 heteroatoms. The Labute approximate surface area is 90.2 Å². The number of hydrogen-bond donors (Lipinski definition) is 4. The van der Waals surface area contributed by atoms with Crippen LogP contribution in [0.4, 0.5) is 11.9 Å². The van der Waals surface area contributed by atoms with E-state index in [0.29, 0.717) is 12.5 Å². The summed E-state index contributed by atoms with van der Waals surface area (Å²) >= 11 is 1.55. The Kier molecular flexibility index (Phi) is 2.84. The van der Waals surface area contributed by atoms with E-state index in [1.807, 2.05) is 16.8 Å². The molecule has 0 spiro atoms. The van der Waals surface area contributed by atoms with Crippen LogP contribution in [-0.4, -0.2) is 26.8 Å². The van der Waals surface area contributed by atoms with Gasteiger partial charge in [-0.15, -0.1) is 5.10 Å². The van der Waals surface area contributed by atoms with Crippen LogP contribution in [0.5, 0.6) is 0 Å². The number of aliphatic hydroxyl groups is 1. The third-order valence-electron chi connectivity index (χ3n) is 1.88. The van der Waals surface area contributed by atoms with Gasteiger partial charge in [0.05, 0.1) is 6.10 Å². The molecule has 1 atom stereocenters. The third kappa shape index (κ3) is 2.45. The number of thiophene rings is 1. The van der Waals surface area contributed by atoms with Gasteiger partial charge in [-0.2, -0.15) is 16.3 Å². The Morgan fingerprint density at radius 3 is 3.13 bits per heavy atom. The Balaban J connectivity index is 1.88. The molecule has 2 aromatic heterocycles. The van der Waals surface area contributed by atoms with Gasteiger partial charge >= 0.3 is 0 Å². The molecule has 0 aliphatic rings. The molecule has 0 amide bonds. The van der Waals surface area contributed by atoms with Gasteiger partial charge in [0.15, 0.2) is 0 Å². The van der Waals surface area contributed by atoms with Crippen LogP contribution in [0.15, 0.2) is 16.8 Å². The summed E-state index contributed by atoms with van der Waals surface area (Å²) in [6.07, 6.45) is -0.559. The SMILES string of the molecule is Nc1nc(NCC(O)c2ccsc2)n[nH]1. The minimum absolute atomic E-state index is 0.252. The minimum Gasteiger partial charge on any atom is -0.387 e. The van der Waals surface area contributed by atoms with Gasteiger partial charge in [-0.25, -0.2) is 5.10 Å². The van der Waals surface area contributed by atoms with Crippen LogP contribution in [-0.2, 0) is 0 Å². The number of hydrogen-bond acceptors (Lipinski definition) is 6. The average Bonchev–Trinajstić information content (AvgIpc) is 2.84. The summed E-state index contributed by atoms with van der Waals surface area (Å²) in [5.74, 6) is 0.643. The Hall–Kier alpha value is -1.60. The number of aromatic amines is 1. The zero-order chi connectivity index (χ0) is 10.7. The monoisotopic (exact) mass is 225 g/mol. The second-order valence-corrected chi connectivity index (χ2v) is 3.78. The molecule has 0 aliphatic carbocycles. The van der Waals surface area contributed by atoms with Gasteiger partial charge < -0.3 is 16.2 Å². The number of H-pyrrole nitrogens is 1. The van der Waals surface area contributed by atoms with Crippen molar-refractivity contribution in [2.24, 2.45) is 0 Å². The summed E-state index contributed by atoms with van der Waals surface area (Å²) in [4.78, 5) is 3.86. The molecule has 0 aliphatic heterocycles. The predicted molar refractivity (Wildman–Crippen MR) is 58.6 cm³/mol. The fourth-order valence-corrected chi connectivity index (χ4v) is 1.83. The lowest BCUT2D eigenvalue weighted by Gasteiger charge is -2.08. The van der Waals surface area contributed by atoms with E-state index in [0.717, 1.165) is 5.56 Å². The Morgan fingerprint density at radius 1 is 1.67 bits per heavy atom. The molecule has 0 bridgehead atoms. The van der Waals surface area contributed by atoms with Crippen LogP contribution in [0.2, 0.25) is 0 Å². The topological polar surface area (TPSA) is 99.8 Å². The highest BCUT2D eigenvalue weighted by molar-refractivity contribution is 7.07. The second-order valence-electron chi connectivity index (χ2n) is 3.00. The normalized spacial score (nSPS) is 12.6. The molecule has 5 N–H and O–H groups in total. The zero-order valence-electron chi connectivity index (χ0n) is 7.84. The maximum atomic E-state index is 9.72. The first-order chi connectivity index (χ1) is 7.25. The van der Waals surface area contributed by atoms with Crippen molar-refractivity contribution in [3.63, 3.8) is 0 Å².